The Morgan fingerprint density at radius 1 is 1.00 bits per heavy atom. The summed E-state index contributed by atoms with van der Waals surface area (Å²) in [5.74, 6) is 0. The number of nitrogen functional groups attached to an aromatic ring is 1. The molecule has 0 fully saturated rings. The molecule has 0 saturated heterocycles. The lowest BCUT2D eigenvalue weighted by atomic mass is 10.3. The predicted octanol–water partition coefficient (Wildman–Crippen LogP) is 1.19. The van der Waals surface area contributed by atoms with E-state index in [-0.39, 0.29) is 19.7 Å². The van der Waals surface area contributed by atoms with Crippen LogP contribution >= 0.6 is 0 Å². The van der Waals surface area contributed by atoms with Crippen molar-refractivity contribution in [1.29, 1.82) is 0 Å². The Labute approximate surface area is 79.6 Å². The van der Waals surface area contributed by atoms with E-state index in [1.54, 1.807) is 0 Å². The van der Waals surface area contributed by atoms with Crippen molar-refractivity contribution in [3.63, 3.8) is 0 Å². The fourth-order valence-corrected chi connectivity index (χ4v) is 1.17. The molecule has 0 atom stereocenters. The molecule has 0 saturated carbocycles. The Bertz CT molecular complexity index is 343. The van der Waals surface area contributed by atoms with Crippen LogP contribution in [0.2, 0.25) is 0 Å². The van der Waals surface area contributed by atoms with Gasteiger partial charge in [0.1, 0.15) is 0 Å². The number of benzene rings is 1. The zero-order valence-corrected chi connectivity index (χ0v) is 6.51. The molecule has 1 aromatic rings. The van der Waals surface area contributed by atoms with Crippen molar-refractivity contribution in [1.82, 2.24) is 0 Å². The number of rotatable bonds is 1. The van der Waals surface area contributed by atoms with Gasteiger partial charge in [-0.1, -0.05) is 14.9 Å². The van der Waals surface area contributed by atoms with Crippen molar-refractivity contribution < 1.29 is 8.42 Å². The topological polar surface area (TPSA) is 86.2 Å². The number of hydrogen-bond donors (Lipinski definition) is 2. The third-order valence-electron chi connectivity index (χ3n) is 1.21. The molecule has 0 aliphatic carbocycles. The normalized spacial score (nSPS) is 9.62. The summed E-state index contributed by atoms with van der Waals surface area (Å²) < 4.78 is 21.4. The van der Waals surface area contributed by atoms with Crippen molar-refractivity contribution in [3.8, 4) is 0 Å². The smallest absolute Gasteiger partial charge is 0.238 e. The van der Waals surface area contributed by atoms with E-state index < -0.39 is 10.0 Å². The fraction of sp³-hybridized carbons (Fsp3) is 0.250. The predicted molar refractivity (Wildman–Crippen MR) is 55.7 cm³/mol. The third kappa shape index (κ3) is 3.91. The quantitative estimate of drug-likeness (QED) is 0.674. The molecule has 0 amide bonds. The fourth-order valence-electron chi connectivity index (χ4n) is 0.658. The van der Waals surface area contributed by atoms with Gasteiger partial charge < -0.3 is 5.73 Å². The zero-order chi connectivity index (χ0) is 8.48. The van der Waals surface area contributed by atoms with Crippen molar-refractivity contribution in [3.05, 3.63) is 24.3 Å². The number of anilines is 1. The lowest BCUT2D eigenvalue weighted by Crippen LogP contribution is -2.11. The van der Waals surface area contributed by atoms with Gasteiger partial charge in [0.25, 0.3) is 0 Å². The Hall–Kier alpha value is -1.07. The molecule has 0 heterocycles. The number of primary sulfonamides is 1. The van der Waals surface area contributed by atoms with E-state index in [1.165, 1.54) is 24.3 Å². The molecule has 0 bridgehead atoms. The van der Waals surface area contributed by atoms with Crippen molar-refractivity contribution in [2.24, 2.45) is 5.14 Å². The van der Waals surface area contributed by atoms with Gasteiger partial charge in [0, 0.05) is 5.69 Å². The number of hydrogen-bond acceptors (Lipinski definition) is 3. The first-order valence-electron chi connectivity index (χ1n) is 2.88. The average molecular weight is 204 g/mol. The van der Waals surface area contributed by atoms with Crippen molar-refractivity contribution in [2.45, 2.75) is 19.7 Å². The van der Waals surface area contributed by atoms with E-state index in [9.17, 15) is 8.42 Å². The standard InChI is InChI=1S/C6H8N2O2S.2CH4/c7-5-1-3-6(4-2-5)11(8,9)10;;/h1-4H,7H2,(H2,8,9,10);2*1H4. The molecular weight excluding hydrogens is 188 g/mol. The van der Waals surface area contributed by atoms with Gasteiger partial charge in [0.15, 0.2) is 0 Å². The molecule has 0 aliphatic rings. The molecule has 13 heavy (non-hydrogen) atoms. The summed E-state index contributed by atoms with van der Waals surface area (Å²) >= 11 is 0. The maximum Gasteiger partial charge on any atom is 0.238 e. The number of nitrogens with two attached hydrogens (primary N) is 2. The highest BCUT2D eigenvalue weighted by atomic mass is 32.2. The molecule has 0 spiro atoms. The van der Waals surface area contributed by atoms with Gasteiger partial charge in [-0.25, -0.2) is 13.6 Å². The van der Waals surface area contributed by atoms with Crippen LogP contribution in [0.25, 0.3) is 0 Å². The van der Waals surface area contributed by atoms with Gasteiger partial charge >= 0.3 is 0 Å². The first-order valence-corrected chi connectivity index (χ1v) is 4.43. The van der Waals surface area contributed by atoms with Crippen molar-refractivity contribution in [2.75, 3.05) is 5.73 Å². The second-order valence-corrected chi connectivity index (χ2v) is 3.68. The summed E-state index contributed by atoms with van der Waals surface area (Å²) in [7, 11) is -3.58. The van der Waals surface area contributed by atoms with Gasteiger partial charge in [0.05, 0.1) is 4.90 Å². The molecule has 0 aliphatic heterocycles. The largest absolute Gasteiger partial charge is 0.399 e. The maximum atomic E-state index is 10.7. The van der Waals surface area contributed by atoms with E-state index in [0.717, 1.165) is 0 Å². The van der Waals surface area contributed by atoms with Crippen LogP contribution in [0, 0.1) is 0 Å². The van der Waals surface area contributed by atoms with Crippen LogP contribution in [0.15, 0.2) is 29.2 Å². The molecule has 4 nitrogen and oxygen atoms in total. The highest BCUT2D eigenvalue weighted by molar-refractivity contribution is 7.89. The Morgan fingerprint density at radius 3 is 1.69 bits per heavy atom. The lowest BCUT2D eigenvalue weighted by molar-refractivity contribution is 0.598. The molecule has 4 N–H and O–H groups in total. The summed E-state index contributed by atoms with van der Waals surface area (Å²) in [6.45, 7) is 0. The van der Waals surface area contributed by atoms with Gasteiger partial charge in [-0.05, 0) is 24.3 Å². The second kappa shape index (κ2) is 4.84. The van der Waals surface area contributed by atoms with E-state index in [4.69, 9.17) is 10.9 Å². The van der Waals surface area contributed by atoms with Crippen LogP contribution in [-0.2, 0) is 10.0 Å². The van der Waals surface area contributed by atoms with Gasteiger partial charge in [-0.2, -0.15) is 0 Å². The first kappa shape index (κ1) is 14.5. The van der Waals surface area contributed by atoms with E-state index in [0.29, 0.717) is 5.69 Å². The number of sulfonamides is 1. The van der Waals surface area contributed by atoms with E-state index >= 15 is 0 Å². The molecule has 5 heteroatoms. The third-order valence-corrected chi connectivity index (χ3v) is 2.14. The SMILES string of the molecule is C.C.Nc1ccc(S(N)(=O)=O)cc1. The summed E-state index contributed by atoms with van der Waals surface area (Å²) in [5.41, 5.74) is 5.85. The van der Waals surface area contributed by atoms with Gasteiger partial charge in [0.2, 0.25) is 10.0 Å². The maximum absolute atomic E-state index is 10.7. The summed E-state index contributed by atoms with van der Waals surface area (Å²) in [4.78, 5) is 0.0756. The zero-order valence-electron chi connectivity index (χ0n) is 5.69. The van der Waals surface area contributed by atoms with Gasteiger partial charge in [-0.15, -0.1) is 0 Å². The average Bonchev–Trinajstić information content (AvgIpc) is 1.86. The molecule has 0 aromatic heterocycles. The minimum atomic E-state index is -3.58. The van der Waals surface area contributed by atoms with E-state index in [1.807, 2.05) is 0 Å². The summed E-state index contributed by atoms with van der Waals surface area (Å²) in [6, 6.07) is 5.70. The second-order valence-electron chi connectivity index (χ2n) is 2.11. The molecule has 76 valence electrons. The highest BCUT2D eigenvalue weighted by Crippen LogP contribution is 2.08. The first-order chi connectivity index (χ1) is 5.00. The summed E-state index contributed by atoms with van der Waals surface area (Å²) in [6.07, 6.45) is 0. The molecule has 1 aromatic carbocycles. The van der Waals surface area contributed by atoms with Crippen LogP contribution in [0.1, 0.15) is 14.9 Å². The molecular formula is C8H16N2O2S. The minimum absolute atomic E-state index is 0. The van der Waals surface area contributed by atoms with Gasteiger partial charge in [-0.3, -0.25) is 0 Å². The molecule has 1 rings (SSSR count). The molecule has 0 radical (unpaired) electrons. The molecule has 0 unspecified atom stereocenters. The Kier molecular flexibility index (Phi) is 5.38. The minimum Gasteiger partial charge on any atom is -0.399 e. The monoisotopic (exact) mass is 204 g/mol. The lowest BCUT2D eigenvalue weighted by Gasteiger charge is -1.96. The Balaban J connectivity index is 0. The van der Waals surface area contributed by atoms with Crippen molar-refractivity contribution >= 4 is 15.7 Å². The summed E-state index contributed by atoms with van der Waals surface area (Å²) in [5, 5.41) is 4.84. The van der Waals surface area contributed by atoms with Crippen LogP contribution < -0.4 is 10.9 Å². The van der Waals surface area contributed by atoms with Crippen LogP contribution in [0.5, 0.6) is 0 Å². The van der Waals surface area contributed by atoms with Crippen LogP contribution in [0.4, 0.5) is 5.69 Å². The van der Waals surface area contributed by atoms with Crippen LogP contribution in [-0.4, -0.2) is 8.42 Å². The van der Waals surface area contributed by atoms with Crippen LogP contribution in [0.3, 0.4) is 0 Å². The van der Waals surface area contributed by atoms with E-state index in [2.05, 4.69) is 0 Å². The highest BCUT2D eigenvalue weighted by Gasteiger charge is 2.04. The Morgan fingerprint density at radius 2 is 1.38 bits per heavy atom.